The summed E-state index contributed by atoms with van der Waals surface area (Å²) in [7, 11) is 0. The van der Waals surface area contributed by atoms with Crippen LogP contribution < -0.4 is 32.3 Å². The first-order valence-corrected chi connectivity index (χ1v) is 17.4. The Kier molecular flexibility index (Phi) is 15.1. The van der Waals surface area contributed by atoms with Crippen molar-refractivity contribution >= 4 is 35.4 Å². The van der Waals surface area contributed by atoms with E-state index in [1.165, 1.54) is 4.90 Å². The number of carbonyl (C=O) groups excluding carboxylic acids is 6. The van der Waals surface area contributed by atoms with Crippen molar-refractivity contribution in [1.82, 2.24) is 31.5 Å². The van der Waals surface area contributed by atoms with Crippen molar-refractivity contribution in [3.8, 4) is 0 Å². The second-order valence-corrected chi connectivity index (χ2v) is 12.7. The van der Waals surface area contributed by atoms with Gasteiger partial charge in [-0.2, -0.15) is 0 Å². The van der Waals surface area contributed by atoms with E-state index in [1.807, 2.05) is 31.2 Å². The molecule has 4 rings (SSSR count). The summed E-state index contributed by atoms with van der Waals surface area (Å²) in [6, 6.07) is 12.9. The molecule has 274 valence electrons. The van der Waals surface area contributed by atoms with Crippen LogP contribution in [-0.2, 0) is 52.9 Å². The maximum absolute atomic E-state index is 13.7. The molecule has 0 radical (unpaired) electrons. The number of benzene rings is 2. The summed E-state index contributed by atoms with van der Waals surface area (Å²) in [4.78, 5) is 80.8. The number of nitrogens with one attached hydrogen (secondary N) is 5. The minimum Gasteiger partial charge on any atom is -0.378 e. The zero-order chi connectivity index (χ0) is 36.6. The van der Waals surface area contributed by atoms with Crippen molar-refractivity contribution in [3.63, 3.8) is 0 Å². The SMILES string of the molecule is Cc1ccccc1C[C@@H]1NC(=O)[C@@H]2CCCN(C2)C(=O)/C=C/C(=O)NCC[C@@H](C(=O)NCCOCCN)NC(=O)Cc2ccccc2CNC1=O. The van der Waals surface area contributed by atoms with Crippen LogP contribution in [0.4, 0.5) is 0 Å². The minimum atomic E-state index is -0.973. The zero-order valence-electron chi connectivity index (χ0n) is 29.1. The molecule has 0 saturated carbocycles. The standard InChI is InChI=1S/C37H49N7O7/c1-25-7-2-3-8-26(25)21-31-37(50)41-23-28-10-5-4-9-27(28)22-33(46)42-30(36(49)40-17-20-51-19-15-38)14-16-39-32(45)12-13-34(47)44-18-6-11-29(24-44)35(48)43-31/h2-5,7-10,12-13,29-31H,6,11,14-24,38H2,1H3,(H,39,45)(H,40,49)(H,41,50)(H,42,46)(H,43,48)/b13-12+/t29-,30+,31+/m1/s1. The predicted octanol–water partition coefficient (Wildman–Crippen LogP) is -0.228. The highest BCUT2D eigenvalue weighted by molar-refractivity contribution is 5.97. The lowest BCUT2D eigenvalue weighted by molar-refractivity contribution is -0.135. The molecule has 0 aromatic heterocycles. The van der Waals surface area contributed by atoms with E-state index in [2.05, 4.69) is 26.6 Å². The number of aryl methyl sites for hydroxylation is 1. The average molecular weight is 704 g/mol. The molecule has 3 atom stereocenters. The topological polar surface area (TPSA) is 201 Å². The third-order valence-corrected chi connectivity index (χ3v) is 8.91. The Hall–Kier alpha value is -5.08. The number of nitrogens with two attached hydrogens (primary N) is 1. The summed E-state index contributed by atoms with van der Waals surface area (Å²) in [5, 5.41) is 14.1. The Balaban J connectivity index is 1.57. The molecule has 2 aromatic rings. The number of nitrogens with zero attached hydrogens (tertiary/aromatic N) is 1. The largest absolute Gasteiger partial charge is 0.378 e. The number of carbonyl (C=O) groups is 6. The van der Waals surface area contributed by atoms with Gasteiger partial charge in [-0.05, 0) is 48.4 Å². The van der Waals surface area contributed by atoms with E-state index in [0.29, 0.717) is 43.7 Å². The zero-order valence-corrected chi connectivity index (χ0v) is 29.1. The molecule has 0 unspecified atom stereocenters. The molecular weight excluding hydrogens is 654 g/mol. The quantitative estimate of drug-likeness (QED) is 0.203. The van der Waals surface area contributed by atoms with E-state index in [-0.39, 0.29) is 58.0 Å². The van der Waals surface area contributed by atoms with E-state index in [1.54, 1.807) is 24.3 Å². The van der Waals surface area contributed by atoms with Crippen LogP contribution in [0.3, 0.4) is 0 Å². The van der Waals surface area contributed by atoms with E-state index in [0.717, 1.165) is 23.3 Å². The molecule has 14 nitrogen and oxygen atoms in total. The number of rotatable bonds is 8. The molecule has 2 aliphatic rings. The lowest BCUT2D eigenvalue weighted by Gasteiger charge is -2.32. The van der Waals surface area contributed by atoms with Gasteiger partial charge in [0, 0.05) is 57.8 Å². The first kappa shape index (κ1) is 38.7. The van der Waals surface area contributed by atoms with Crippen molar-refractivity contribution in [1.29, 1.82) is 0 Å². The Bertz CT molecular complexity index is 1580. The van der Waals surface area contributed by atoms with E-state index in [9.17, 15) is 28.8 Å². The maximum atomic E-state index is 13.7. The van der Waals surface area contributed by atoms with E-state index < -0.39 is 47.5 Å². The van der Waals surface area contributed by atoms with Crippen LogP contribution in [0.1, 0.15) is 41.5 Å². The number of amides is 6. The fraction of sp³-hybridized carbons (Fsp3) is 0.459. The fourth-order valence-electron chi connectivity index (χ4n) is 6.05. The van der Waals surface area contributed by atoms with Gasteiger partial charge in [0.1, 0.15) is 12.1 Å². The maximum Gasteiger partial charge on any atom is 0.246 e. The van der Waals surface area contributed by atoms with Crippen LogP contribution in [0.2, 0.25) is 0 Å². The van der Waals surface area contributed by atoms with Gasteiger partial charge < -0.3 is 42.0 Å². The molecule has 2 aromatic carbocycles. The molecule has 2 aliphatic heterocycles. The highest BCUT2D eigenvalue weighted by Crippen LogP contribution is 2.19. The number of hydrogen-bond acceptors (Lipinski definition) is 8. The summed E-state index contributed by atoms with van der Waals surface area (Å²) < 4.78 is 5.32. The highest BCUT2D eigenvalue weighted by Gasteiger charge is 2.31. The van der Waals surface area contributed by atoms with Crippen LogP contribution in [0.25, 0.3) is 0 Å². The van der Waals surface area contributed by atoms with Crippen LogP contribution in [-0.4, -0.2) is 98.4 Å². The highest BCUT2D eigenvalue weighted by atomic mass is 16.5. The molecule has 1 fully saturated rings. The number of piperidine rings is 1. The van der Waals surface area contributed by atoms with Gasteiger partial charge in [0.15, 0.2) is 0 Å². The Labute approximate surface area is 298 Å². The molecule has 7 N–H and O–H groups in total. The Morgan fingerprint density at radius 1 is 0.922 bits per heavy atom. The second-order valence-electron chi connectivity index (χ2n) is 12.7. The van der Waals surface area contributed by atoms with Crippen LogP contribution >= 0.6 is 0 Å². The summed E-state index contributed by atoms with van der Waals surface area (Å²) in [5.74, 6) is -3.10. The van der Waals surface area contributed by atoms with Crippen molar-refractivity contribution in [2.24, 2.45) is 11.7 Å². The number of fused-ring (bicyclic) bond motifs is 3. The Morgan fingerprint density at radius 2 is 1.69 bits per heavy atom. The van der Waals surface area contributed by atoms with Crippen molar-refractivity contribution in [2.75, 3.05) is 45.9 Å². The van der Waals surface area contributed by atoms with Crippen molar-refractivity contribution in [3.05, 3.63) is 82.9 Å². The molecule has 0 spiro atoms. The summed E-state index contributed by atoms with van der Waals surface area (Å²) in [6.45, 7) is 3.79. The minimum absolute atomic E-state index is 0.0393. The van der Waals surface area contributed by atoms with Gasteiger partial charge in [0.25, 0.3) is 0 Å². The van der Waals surface area contributed by atoms with E-state index in [4.69, 9.17) is 10.5 Å². The van der Waals surface area contributed by atoms with Gasteiger partial charge in [-0.15, -0.1) is 0 Å². The summed E-state index contributed by atoms with van der Waals surface area (Å²) in [6.07, 6.45) is 3.66. The van der Waals surface area contributed by atoms with Gasteiger partial charge >= 0.3 is 0 Å². The van der Waals surface area contributed by atoms with Gasteiger partial charge in [-0.1, -0.05) is 48.5 Å². The normalized spacial score (nSPS) is 21.8. The van der Waals surface area contributed by atoms with Crippen molar-refractivity contribution < 1.29 is 33.5 Å². The fourth-order valence-corrected chi connectivity index (χ4v) is 6.05. The molecule has 2 heterocycles. The van der Waals surface area contributed by atoms with Gasteiger partial charge in [0.05, 0.1) is 25.6 Å². The first-order chi connectivity index (χ1) is 24.6. The van der Waals surface area contributed by atoms with Crippen molar-refractivity contribution in [2.45, 2.75) is 57.7 Å². The first-order valence-electron chi connectivity index (χ1n) is 17.4. The average Bonchev–Trinajstić information content (AvgIpc) is 3.13. The lowest BCUT2D eigenvalue weighted by Crippen LogP contribution is -2.52. The molecule has 6 amide bonds. The monoisotopic (exact) mass is 703 g/mol. The lowest BCUT2D eigenvalue weighted by atomic mass is 9.95. The summed E-state index contributed by atoms with van der Waals surface area (Å²) >= 11 is 0. The van der Waals surface area contributed by atoms with Crippen LogP contribution in [0.5, 0.6) is 0 Å². The molecule has 2 bridgehead atoms. The van der Waals surface area contributed by atoms with Crippen LogP contribution in [0, 0.1) is 12.8 Å². The third kappa shape index (κ3) is 12.3. The third-order valence-electron chi connectivity index (χ3n) is 8.91. The number of ether oxygens (including phenoxy) is 1. The molecular formula is C37H49N7O7. The molecule has 0 aliphatic carbocycles. The van der Waals surface area contributed by atoms with Gasteiger partial charge in [-0.25, -0.2) is 0 Å². The number of hydrogen-bond donors (Lipinski definition) is 6. The predicted molar refractivity (Wildman–Crippen MR) is 190 cm³/mol. The molecule has 51 heavy (non-hydrogen) atoms. The van der Waals surface area contributed by atoms with Crippen LogP contribution in [0.15, 0.2) is 60.7 Å². The summed E-state index contributed by atoms with van der Waals surface area (Å²) in [5.41, 5.74) is 8.67. The molecule has 1 saturated heterocycles. The smallest absolute Gasteiger partial charge is 0.246 e. The van der Waals surface area contributed by atoms with E-state index >= 15 is 0 Å². The second kappa shape index (κ2) is 19.9. The Morgan fingerprint density at radius 3 is 2.47 bits per heavy atom. The van der Waals surface area contributed by atoms with Gasteiger partial charge in [0.2, 0.25) is 35.4 Å². The van der Waals surface area contributed by atoms with Gasteiger partial charge in [-0.3, -0.25) is 28.8 Å². The molecule has 14 heteroatoms.